The molecular formula is C18H18N2O2. The third-order valence-corrected chi connectivity index (χ3v) is 3.60. The smallest absolute Gasteiger partial charge is 0.252 e. The van der Waals surface area contributed by atoms with Crippen molar-refractivity contribution in [2.24, 2.45) is 5.16 Å². The summed E-state index contributed by atoms with van der Waals surface area (Å²) < 4.78 is 0. The summed E-state index contributed by atoms with van der Waals surface area (Å²) in [5.74, 6) is -0.127. The van der Waals surface area contributed by atoms with Crippen LogP contribution in [-0.2, 0) is 0 Å². The highest BCUT2D eigenvalue weighted by atomic mass is 16.4. The highest BCUT2D eigenvalue weighted by Gasteiger charge is 2.30. The fourth-order valence-corrected chi connectivity index (χ4v) is 2.80. The maximum absolute atomic E-state index is 12.6. The third-order valence-electron chi connectivity index (χ3n) is 3.60. The molecule has 0 atom stereocenters. The molecule has 0 unspecified atom stereocenters. The molecule has 0 saturated heterocycles. The second kappa shape index (κ2) is 4.98. The summed E-state index contributed by atoms with van der Waals surface area (Å²) in [6.07, 6.45) is 0. The van der Waals surface area contributed by atoms with E-state index in [2.05, 4.69) is 10.5 Å². The van der Waals surface area contributed by atoms with Crippen molar-refractivity contribution in [3.8, 4) is 11.1 Å². The molecule has 4 nitrogen and oxygen atoms in total. The van der Waals surface area contributed by atoms with E-state index >= 15 is 0 Å². The highest BCUT2D eigenvalue weighted by molar-refractivity contribution is 6.26. The van der Waals surface area contributed by atoms with Crippen LogP contribution in [0.4, 0.5) is 0 Å². The first kappa shape index (κ1) is 14.3. The molecule has 1 aliphatic rings. The van der Waals surface area contributed by atoms with E-state index in [9.17, 15) is 10.0 Å². The summed E-state index contributed by atoms with van der Waals surface area (Å²) in [6, 6.07) is 13.1. The van der Waals surface area contributed by atoms with Crippen molar-refractivity contribution in [2.45, 2.75) is 26.3 Å². The zero-order valence-electron chi connectivity index (χ0n) is 12.8. The van der Waals surface area contributed by atoms with Gasteiger partial charge in [-0.05, 0) is 32.4 Å². The standard InChI is InChI=1S/C18H18N2O2/c1-18(2,3)19-17(21)14-10-6-9-13-15(14)11-7-4-5-8-12(11)16(13)20-22/h4-10,22H,1-3H3,(H,19,21)/b20-16+. The lowest BCUT2D eigenvalue weighted by Crippen LogP contribution is -2.40. The van der Waals surface area contributed by atoms with Gasteiger partial charge < -0.3 is 10.5 Å². The molecule has 112 valence electrons. The monoisotopic (exact) mass is 294 g/mol. The van der Waals surface area contributed by atoms with Crippen molar-refractivity contribution < 1.29 is 10.0 Å². The molecule has 0 heterocycles. The van der Waals surface area contributed by atoms with E-state index in [-0.39, 0.29) is 11.4 Å². The Labute approximate surface area is 129 Å². The van der Waals surface area contributed by atoms with Crippen LogP contribution in [0.2, 0.25) is 0 Å². The quantitative estimate of drug-likeness (QED) is 0.533. The number of fused-ring (bicyclic) bond motifs is 3. The van der Waals surface area contributed by atoms with Gasteiger partial charge in [0.15, 0.2) is 0 Å². The van der Waals surface area contributed by atoms with E-state index in [1.807, 2.05) is 57.2 Å². The molecule has 1 amide bonds. The molecule has 0 bridgehead atoms. The van der Waals surface area contributed by atoms with E-state index in [1.165, 1.54) is 0 Å². The molecule has 2 N–H and O–H groups in total. The van der Waals surface area contributed by atoms with Crippen molar-refractivity contribution in [3.05, 3.63) is 59.2 Å². The Morgan fingerprint density at radius 2 is 1.64 bits per heavy atom. The number of amides is 1. The zero-order chi connectivity index (χ0) is 15.9. The predicted molar refractivity (Wildman–Crippen MR) is 86.5 cm³/mol. The maximum Gasteiger partial charge on any atom is 0.252 e. The highest BCUT2D eigenvalue weighted by Crippen LogP contribution is 2.39. The van der Waals surface area contributed by atoms with Crippen molar-refractivity contribution >= 4 is 11.6 Å². The molecule has 0 aromatic heterocycles. The Hall–Kier alpha value is -2.62. The summed E-state index contributed by atoms with van der Waals surface area (Å²) in [7, 11) is 0. The Morgan fingerprint density at radius 1 is 1.00 bits per heavy atom. The van der Waals surface area contributed by atoms with Gasteiger partial charge in [-0.15, -0.1) is 0 Å². The minimum Gasteiger partial charge on any atom is -0.410 e. The fraction of sp³-hybridized carbons (Fsp3) is 0.222. The molecule has 2 aromatic carbocycles. The maximum atomic E-state index is 12.6. The summed E-state index contributed by atoms with van der Waals surface area (Å²) >= 11 is 0. The largest absolute Gasteiger partial charge is 0.410 e. The second-order valence-corrected chi connectivity index (χ2v) is 6.43. The molecular weight excluding hydrogens is 276 g/mol. The van der Waals surface area contributed by atoms with E-state index in [0.717, 1.165) is 22.3 Å². The van der Waals surface area contributed by atoms with Crippen LogP contribution in [0.15, 0.2) is 47.6 Å². The molecule has 1 aliphatic carbocycles. The van der Waals surface area contributed by atoms with Gasteiger partial charge in [-0.1, -0.05) is 41.6 Å². The van der Waals surface area contributed by atoms with Crippen LogP contribution in [-0.4, -0.2) is 22.4 Å². The lowest BCUT2D eigenvalue weighted by atomic mass is 9.98. The first-order valence-corrected chi connectivity index (χ1v) is 7.20. The molecule has 22 heavy (non-hydrogen) atoms. The van der Waals surface area contributed by atoms with Gasteiger partial charge in [0.05, 0.1) is 0 Å². The van der Waals surface area contributed by atoms with Crippen LogP contribution >= 0.6 is 0 Å². The molecule has 0 radical (unpaired) electrons. The van der Waals surface area contributed by atoms with Gasteiger partial charge in [0, 0.05) is 27.8 Å². The molecule has 0 aliphatic heterocycles. The van der Waals surface area contributed by atoms with E-state index in [4.69, 9.17) is 0 Å². The minimum absolute atomic E-state index is 0.127. The molecule has 2 aromatic rings. The Balaban J connectivity index is 2.20. The summed E-state index contributed by atoms with van der Waals surface area (Å²) in [4.78, 5) is 12.6. The van der Waals surface area contributed by atoms with Crippen molar-refractivity contribution in [1.29, 1.82) is 0 Å². The van der Waals surface area contributed by atoms with Crippen molar-refractivity contribution in [3.63, 3.8) is 0 Å². The number of oxime groups is 1. The normalized spacial score (nSPS) is 14.6. The Bertz CT molecular complexity index is 786. The Kier molecular flexibility index (Phi) is 3.24. The summed E-state index contributed by atoms with van der Waals surface area (Å²) in [5.41, 5.74) is 4.17. The van der Waals surface area contributed by atoms with Gasteiger partial charge in [0.1, 0.15) is 5.71 Å². The van der Waals surface area contributed by atoms with Crippen LogP contribution in [0.1, 0.15) is 42.3 Å². The van der Waals surface area contributed by atoms with Gasteiger partial charge in [0.25, 0.3) is 5.91 Å². The van der Waals surface area contributed by atoms with Crippen LogP contribution in [0.25, 0.3) is 11.1 Å². The first-order valence-electron chi connectivity index (χ1n) is 7.20. The van der Waals surface area contributed by atoms with Crippen molar-refractivity contribution in [2.75, 3.05) is 0 Å². The predicted octanol–water partition coefficient (Wildman–Crippen LogP) is 3.42. The zero-order valence-corrected chi connectivity index (χ0v) is 12.8. The lowest BCUT2D eigenvalue weighted by molar-refractivity contribution is 0.0920. The van der Waals surface area contributed by atoms with Gasteiger partial charge >= 0.3 is 0 Å². The molecule has 0 saturated carbocycles. The number of nitrogens with one attached hydrogen (secondary N) is 1. The van der Waals surface area contributed by atoms with Crippen molar-refractivity contribution in [1.82, 2.24) is 5.32 Å². The number of rotatable bonds is 1. The number of carbonyl (C=O) groups excluding carboxylic acids is 1. The van der Waals surface area contributed by atoms with Crippen LogP contribution in [0.3, 0.4) is 0 Å². The first-order chi connectivity index (χ1) is 10.4. The Morgan fingerprint density at radius 3 is 2.27 bits per heavy atom. The average molecular weight is 294 g/mol. The summed E-state index contributed by atoms with van der Waals surface area (Å²) in [6.45, 7) is 5.84. The molecule has 0 spiro atoms. The van der Waals surface area contributed by atoms with E-state index in [1.54, 1.807) is 6.07 Å². The van der Waals surface area contributed by atoms with Crippen LogP contribution < -0.4 is 5.32 Å². The number of carbonyl (C=O) groups is 1. The topological polar surface area (TPSA) is 61.7 Å². The number of nitrogens with zero attached hydrogens (tertiary/aromatic N) is 1. The average Bonchev–Trinajstić information content (AvgIpc) is 2.79. The minimum atomic E-state index is -0.314. The SMILES string of the molecule is CC(C)(C)NC(=O)c1cccc2c1-c1ccccc1/C2=N\O. The lowest BCUT2D eigenvalue weighted by Gasteiger charge is -2.21. The number of hydrogen-bond acceptors (Lipinski definition) is 3. The van der Waals surface area contributed by atoms with Gasteiger partial charge in [-0.3, -0.25) is 4.79 Å². The molecule has 4 heteroatoms. The second-order valence-electron chi connectivity index (χ2n) is 6.43. The number of benzene rings is 2. The fourth-order valence-electron chi connectivity index (χ4n) is 2.80. The molecule has 0 fully saturated rings. The van der Waals surface area contributed by atoms with Gasteiger partial charge in [-0.25, -0.2) is 0 Å². The van der Waals surface area contributed by atoms with Gasteiger partial charge in [-0.2, -0.15) is 0 Å². The number of hydrogen-bond donors (Lipinski definition) is 2. The van der Waals surface area contributed by atoms with Crippen LogP contribution in [0, 0.1) is 0 Å². The third kappa shape index (κ3) is 2.26. The summed E-state index contributed by atoms with van der Waals surface area (Å²) in [5, 5.41) is 15.8. The van der Waals surface area contributed by atoms with Crippen LogP contribution in [0.5, 0.6) is 0 Å². The van der Waals surface area contributed by atoms with Gasteiger partial charge in [0.2, 0.25) is 0 Å². The van der Waals surface area contributed by atoms with E-state index < -0.39 is 0 Å². The van der Waals surface area contributed by atoms with E-state index in [0.29, 0.717) is 11.3 Å². The molecule has 3 rings (SSSR count).